The second-order valence-electron chi connectivity index (χ2n) is 18.2. The van der Waals surface area contributed by atoms with Crippen LogP contribution in [0.1, 0.15) is 83.7 Å². The first-order chi connectivity index (χ1) is 32.9. The number of rotatable bonds is 26. The fraction of sp³-hybridized carbons (Fsp3) is 0.562. The summed E-state index contributed by atoms with van der Waals surface area (Å²) >= 11 is -0.567. The fourth-order valence-corrected chi connectivity index (χ4v) is 13.7. The van der Waals surface area contributed by atoms with Crippen LogP contribution >= 0.6 is 0 Å². The van der Waals surface area contributed by atoms with Crippen LogP contribution in [0.25, 0.3) is 0 Å². The quantitative estimate of drug-likeness (QED) is 0.0296. The third-order valence-electron chi connectivity index (χ3n) is 13.2. The first-order valence-corrected chi connectivity index (χ1v) is 25.9. The molecule has 3 heterocycles. The molecule has 366 valence electrons. The summed E-state index contributed by atoms with van der Waals surface area (Å²) in [6.45, 7) is 5.85. The van der Waals surface area contributed by atoms with Gasteiger partial charge in [-0.05, 0) is 24.6 Å². The molecular formula is C48H58F2IN8O9-. The van der Waals surface area contributed by atoms with Gasteiger partial charge < -0.3 is 14.8 Å². The van der Waals surface area contributed by atoms with E-state index >= 15 is 0 Å². The van der Waals surface area contributed by atoms with Gasteiger partial charge in [-0.3, -0.25) is 29.4 Å². The third-order valence-corrected chi connectivity index (χ3v) is 16.7. The van der Waals surface area contributed by atoms with Crippen LogP contribution in [-0.4, -0.2) is 127 Å². The van der Waals surface area contributed by atoms with E-state index in [9.17, 15) is 33.2 Å². The van der Waals surface area contributed by atoms with Crippen molar-refractivity contribution >= 4 is 35.3 Å². The number of para-hydroxylation sites is 1. The number of nitriles is 1. The molecule has 4 N–H and O–H groups in total. The second kappa shape index (κ2) is 22.7. The molecule has 4 saturated carbocycles. The first-order valence-electron chi connectivity index (χ1n) is 23.3. The van der Waals surface area contributed by atoms with E-state index in [1.54, 1.807) is 42.6 Å². The van der Waals surface area contributed by atoms with Crippen LogP contribution < -0.4 is 47.2 Å². The Labute approximate surface area is 404 Å². The number of ether oxygens (including phenoxy) is 5. The molecule has 6 aliphatic rings. The zero-order valence-corrected chi connectivity index (χ0v) is 40.2. The monoisotopic (exact) mass is 1060 g/mol. The Morgan fingerprint density at radius 2 is 1.56 bits per heavy atom. The van der Waals surface area contributed by atoms with Gasteiger partial charge in [-0.1, -0.05) is 0 Å². The molecule has 4 amide bonds. The first kappa shape index (κ1) is 49.5. The van der Waals surface area contributed by atoms with E-state index in [0.29, 0.717) is 107 Å². The molecule has 1 saturated heterocycles. The Hall–Kier alpha value is -4.92. The van der Waals surface area contributed by atoms with Crippen LogP contribution in [0.3, 0.4) is 0 Å². The SMILES string of the molecule is CC(F)(F)Oc1ccccc1CNc1ncc(C#N)c([I-]CC23CC4CC(C2)C(NCCOCCOCCOCCOCCNc2ccc5c(c2)C(=O)N(C2CCC(=O)NC2=O)C5=O)C(C4)C3)n1. The fourth-order valence-electron chi connectivity index (χ4n) is 10.5. The van der Waals surface area contributed by atoms with Gasteiger partial charge in [0.2, 0.25) is 11.8 Å². The molecule has 20 heteroatoms. The average molecular weight is 1060 g/mol. The van der Waals surface area contributed by atoms with Crippen molar-refractivity contribution in [2.45, 2.75) is 76.6 Å². The zero-order chi connectivity index (χ0) is 47.7. The van der Waals surface area contributed by atoms with Crippen molar-refractivity contribution in [3.63, 3.8) is 0 Å². The van der Waals surface area contributed by atoms with E-state index < -0.39 is 57.0 Å². The molecule has 2 aliphatic heterocycles. The van der Waals surface area contributed by atoms with E-state index in [2.05, 4.69) is 32.3 Å². The van der Waals surface area contributed by atoms with Gasteiger partial charge in [-0.2, -0.15) is 0 Å². The number of piperidine rings is 1. The summed E-state index contributed by atoms with van der Waals surface area (Å²) in [6.07, 6.45) is 4.59. The molecule has 17 nitrogen and oxygen atoms in total. The van der Waals surface area contributed by atoms with Crippen molar-refractivity contribution in [2.75, 3.05) is 81.0 Å². The summed E-state index contributed by atoms with van der Waals surface area (Å²) in [6, 6.07) is 13.3. The van der Waals surface area contributed by atoms with Crippen molar-refractivity contribution in [1.29, 1.82) is 5.26 Å². The molecular weight excluding hydrogens is 997 g/mol. The molecule has 1 aromatic heterocycles. The number of halogens is 3. The molecule has 4 bridgehead atoms. The summed E-state index contributed by atoms with van der Waals surface area (Å²) in [7, 11) is 0. The zero-order valence-electron chi connectivity index (χ0n) is 38.0. The number of aromatic nitrogens is 2. The van der Waals surface area contributed by atoms with Crippen molar-refractivity contribution in [1.82, 2.24) is 25.5 Å². The van der Waals surface area contributed by atoms with E-state index in [4.69, 9.17) is 28.7 Å². The Morgan fingerprint density at radius 3 is 2.25 bits per heavy atom. The van der Waals surface area contributed by atoms with Gasteiger partial charge in [0.1, 0.15) is 6.04 Å². The van der Waals surface area contributed by atoms with Crippen LogP contribution in [-0.2, 0) is 35.1 Å². The molecule has 2 aromatic carbocycles. The van der Waals surface area contributed by atoms with E-state index in [0.717, 1.165) is 25.5 Å². The minimum absolute atomic E-state index is 0.0675. The van der Waals surface area contributed by atoms with Crippen molar-refractivity contribution in [2.24, 2.45) is 23.2 Å². The number of anilines is 2. The minimum atomic E-state index is -3.30. The van der Waals surface area contributed by atoms with Gasteiger partial charge >= 0.3 is 245 Å². The summed E-state index contributed by atoms with van der Waals surface area (Å²) in [4.78, 5) is 59.8. The van der Waals surface area contributed by atoms with E-state index in [1.165, 1.54) is 38.2 Å². The molecule has 3 unspecified atom stereocenters. The molecule has 0 spiro atoms. The number of amides is 4. The van der Waals surface area contributed by atoms with Crippen molar-refractivity contribution < 1.29 is 72.8 Å². The van der Waals surface area contributed by atoms with Crippen LogP contribution in [0, 0.1) is 38.2 Å². The topological polar surface area (TPSA) is 215 Å². The maximum atomic E-state index is 13.6. The van der Waals surface area contributed by atoms with Crippen LogP contribution in [0.4, 0.5) is 20.4 Å². The average Bonchev–Trinajstić information content (AvgIpc) is 3.55. The molecule has 4 aliphatic carbocycles. The molecule has 3 atom stereocenters. The van der Waals surface area contributed by atoms with Crippen LogP contribution in [0.5, 0.6) is 5.75 Å². The summed E-state index contributed by atoms with van der Waals surface area (Å²) in [5.41, 5.74) is 2.43. The van der Waals surface area contributed by atoms with Gasteiger partial charge in [-0.15, -0.1) is 0 Å². The Balaban J connectivity index is 0.652. The number of nitrogens with one attached hydrogen (secondary N) is 4. The molecule has 9 rings (SSSR count). The van der Waals surface area contributed by atoms with Gasteiger partial charge in [0, 0.05) is 18.7 Å². The van der Waals surface area contributed by atoms with Gasteiger partial charge in [0.15, 0.2) is 0 Å². The Bertz CT molecular complexity index is 2330. The number of carbonyl (C=O) groups excluding carboxylic acids is 4. The Kier molecular flexibility index (Phi) is 16.5. The van der Waals surface area contributed by atoms with Crippen molar-refractivity contribution in [3.8, 4) is 11.8 Å². The standard InChI is InChI=1S/C48H58F2IN8O9/c1-47(49,50)68-39-5-3-2-4-31(39)27-55-46-56-28-34(26-52)42(58-46)51-29-48-23-30-20-32(24-48)41(33(21-30)25-48)54-11-13-65-15-17-67-19-18-66-16-14-64-12-10-53-35-6-7-36-37(22-35)45(63)59(44(36)62)38-8-9-40(60)57-43(38)61/h2-7,22,28,30,32-33,38,41,53-54H,8-21,23-25,27,29H2,1H3,(H,55,56,58)(H,57,60,61)/q-1. The summed E-state index contributed by atoms with van der Waals surface area (Å²) < 4.78 is 56.7. The number of hydrogen-bond acceptors (Lipinski definition) is 15. The number of benzene rings is 2. The number of carbonyl (C=O) groups is 4. The van der Waals surface area contributed by atoms with Crippen molar-refractivity contribution in [3.05, 3.63) is 74.6 Å². The summed E-state index contributed by atoms with van der Waals surface area (Å²) in [5, 5.41) is 22.3. The van der Waals surface area contributed by atoms with E-state index in [-0.39, 0.29) is 41.7 Å². The maximum absolute atomic E-state index is 13.6. The number of fused-ring (bicyclic) bond motifs is 1. The number of alkyl halides is 3. The molecule has 3 aromatic rings. The molecule has 0 radical (unpaired) electrons. The van der Waals surface area contributed by atoms with Gasteiger partial charge in [-0.25, -0.2) is 0 Å². The van der Waals surface area contributed by atoms with Crippen LogP contribution in [0.15, 0.2) is 48.7 Å². The molecule has 68 heavy (non-hydrogen) atoms. The normalized spacial score (nSPS) is 24.0. The van der Waals surface area contributed by atoms with Gasteiger partial charge in [0.25, 0.3) is 11.8 Å². The van der Waals surface area contributed by atoms with Gasteiger partial charge in [0.05, 0.1) is 44.2 Å². The Morgan fingerprint density at radius 1 is 0.882 bits per heavy atom. The number of imide groups is 2. The van der Waals surface area contributed by atoms with E-state index in [1.807, 2.05) is 0 Å². The predicted molar refractivity (Wildman–Crippen MR) is 238 cm³/mol. The molecule has 5 fully saturated rings. The number of hydrogen-bond donors (Lipinski definition) is 4. The summed E-state index contributed by atoms with van der Waals surface area (Å²) in [5.74, 6) is 0.325. The predicted octanol–water partition coefficient (Wildman–Crippen LogP) is 1.57. The second-order valence-corrected chi connectivity index (χ2v) is 20.7. The van der Waals surface area contributed by atoms with Crippen LogP contribution in [0.2, 0.25) is 0 Å². The third kappa shape index (κ3) is 12.4. The number of nitrogens with zero attached hydrogens (tertiary/aromatic N) is 4.